The number of benzene rings is 5. The van der Waals surface area contributed by atoms with Crippen molar-refractivity contribution >= 4 is 32.8 Å². The molecule has 0 aliphatic rings. The summed E-state index contributed by atoms with van der Waals surface area (Å²) < 4.78 is 30.0. The van der Waals surface area contributed by atoms with E-state index >= 15 is 0 Å². The van der Waals surface area contributed by atoms with Crippen molar-refractivity contribution in [2.75, 3.05) is 0 Å². The fourth-order valence-electron chi connectivity index (χ4n) is 7.11. The molecule has 0 fully saturated rings. The summed E-state index contributed by atoms with van der Waals surface area (Å²) in [5.41, 5.74) is 10.3. The zero-order chi connectivity index (χ0) is 34.8. The van der Waals surface area contributed by atoms with Gasteiger partial charge in [0, 0.05) is 22.4 Å². The number of hydrogen-bond donors (Lipinski definition) is 0. The lowest BCUT2D eigenvalue weighted by Gasteiger charge is -2.26. The van der Waals surface area contributed by atoms with Crippen molar-refractivity contribution in [1.82, 2.24) is 14.1 Å². The van der Waals surface area contributed by atoms with Crippen LogP contribution in [0.1, 0.15) is 54.4 Å². The normalized spacial score (nSPS) is 13.3. The van der Waals surface area contributed by atoms with Crippen LogP contribution in [0.5, 0.6) is 0 Å². The van der Waals surface area contributed by atoms with Gasteiger partial charge in [0.1, 0.15) is 11.5 Å². The standard InChI is InChI=1S/C43H39N4/c1-29(2)34-15-6-7-16-35(34)30-23-24-44-42(25-30)47-38-18-9-8-17-36(38)37-22-21-32(27-41(37)47)43(3,4)31-13-12-14-33(26-31)46-28-45(5)39-19-10-11-20-40(39)46/h6-29H,1-5H3/q+1/i5D3. The van der Waals surface area contributed by atoms with Gasteiger partial charge in [-0.05, 0) is 82.3 Å². The number of para-hydroxylation sites is 3. The van der Waals surface area contributed by atoms with E-state index in [0.29, 0.717) is 11.4 Å². The maximum atomic E-state index is 8.13. The Morgan fingerprint density at radius 2 is 1.45 bits per heavy atom. The van der Waals surface area contributed by atoms with Crippen molar-refractivity contribution < 1.29 is 8.68 Å². The molecule has 0 unspecified atom stereocenters. The van der Waals surface area contributed by atoms with Gasteiger partial charge in [0.15, 0.2) is 11.0 Å². The van der Waals surface area contributed by atoms with Crippen molar-refractivity contribution in [3.05, 3.63) is 157 Å². The van der Waals surface area contributed by atoms with Crippen molar-refractivity contribution in [3.63, 3.8) is 0 Å². The van der Waals surface area contributed by atoms with Crippen LogP contribution < -0.4 is 4.57 Å². The summed E-state index contributed by atoms with van der Waals surface area (Å²) >= 11 is 0. The van der Waals surface area contributed by atoms with Crippen molar-refractivity contribution in [1.29, 1.82) is 0 Å². The molecule has 0 N–H and O–H groups in total. The number of hydrogen-bond acceptors (Lipinski definition) is 1. The van der Waals surface area contributed by atoms with Crippen LogP contribution in [-0.4, -0.2) is 14.1 Å². The summed E-state index contributed by atoms with van der Waals surface area (Å²) in [6, 6.07) is 44.4. The van der Waals surface area contributed by atoms with E-state index in [0.717, 1.165) is 39.2 Å². The third kappa shape index (κ3) is 4.75. The van der Waals surface area contributed by atoms with E-state index in [2.05, 4.69) is 129 Å². The predicted molar refractivity (Wildman–Crippen MR) is 195 cm³/mol. The Morgan fingerprint density at radius 1 is 0.702 bits per heavy atom. The van der Waals surface area contributed by atoms with E-state index in [9.17, 15) is 0 Å². The summed E-state index contributed by atoms with van der Waals surface area (Å²) in [5, 5.41) is 2.36. The molecule has 0 aliphatic heterocycles. The van der Waals surface area contributed by atoms with E-state index < -0.39 is 6.98 Å². The molecule has 0 bridgehead atoms. The molecule has 0 saturated carbocycles. The van der Waals surface area contributed by atoms with Gasteiger partial charge in [-0.2, -0.15) is 4.57 Å². The van der Waals surface area contributed by atoms with Crippen LogP contribution in [0.3, 0.4) is 0 Å². The number of imidazole rings is 1. The smallest absolute Gasteiger partial charge is 0.249 e. The highest BCUT2D eigenvalue weighted by molar-refractivity contribution is 6.09. The number of nitrogens with zero attached hydrogens (tertiary/aromatic N) is 4. The SMILES string of the molecule is [2H]C([2H])([2H])[n+]1cn(-c2cccc(C(C)(C)c3ccc4c5ccccc5n(-c5cc(-c6ccccc6C(C)C)ccn5)c4c3)c2)c2ccccc21. The van der Waals surface area contributed by atoms with Gasteiger partial charge < -0.3 is 0 Å². The second kappa shape index (κ2) is 11.1. The van der Waals surface area contributed by atoms with Crippen LogP contribution >= 0.6 is 0 Å². The first-order valence-electron chi connectivity index (χ1n) is 17.7. The van der Waals surface area contributed by atoms with Gasteiger partial charge in [-0.1, -0.05) is 107 Å². The highest BCUT2D eigenvalue weighted by Gasteiger charge is 2.26. The van der Waals surface area contributed by atoms with Crippen molar-refractivity contribution in [2.24, 2.45) is 6.98 Å². The summed E-state index contributed by atoms with van der Waals surface area (Å²) in [6.07, 6.45) is 3.61. The number of rotatable bonds is 6. The number of aryl methyl sites for hydroxylation is 1. The van der Waals surface area contributed by atoms with Gasteiger partial charge in [-0.25, -0.2) is 9.55 Å². The molecule has 8 aromatic rings. The summed E-state index contributed by atoms with van der Waals surface area (Å²) in [6.45, 7) is 6.68. The quantitative estimate of drug-likeness (QED) is 0.171. The molecule has 3 heterocycles. The average Bonchev–Trinajstić information content (AvgIpc) is 3.68. The largest absolute Gasteiger partial charge is 0.294 e. The Kier molecular flexibility index (Phi) is 6.06. The first-order chi connectivity index (χ1) is 24.0. The molecule has 0 amide bonds. The zero-order valence-electron chi connectivity index (χ0n) is 30.1. The molecule has 5 aromatic carbocycles. The van der Waals surface area contributed by atoms with Gasteiger partial charge in [-0.15, -0.1) is 0 Å². The molecule has 0 spiro atoms. The molecule has 4 heteroatoms. The highest BCUT2D eigenvalue weighted by Crippen LogP contribution is 2.39. The van der Waals surface area contributed by atoms with E-state index in [1.165, 1.54) is 32.0 Å². The Hall–Kier alpha value is -5.48. The summed E-state index contributed by atoms with van der Waals surface area (Å²) in [5.74, 6) is 1.28. The maximum Gasteiger partial charge on any atom is 0.249 e. The third-order valence-corrected chi connectivity index (χ3v) is 9.74. The molecule has 0 saturated heterocycles. The molecule has 3 aromatic heterocycles. The van der Waals surface area contributed by atoms with E-state index in [1.807, 2.05) is 41.1 Å². The zero-order valence-corrected chi connectivity index (χ0v) is 27.1. The molecule has 230 valence electrons. The lowest BCUT2D eigenvalue weighted by molar-refractivity contribution is -0.645. The summed E-state index contributed by atoms with van der Waals surface area (Å²) in [7, 11) is 0. The summed E-state index contributed by atoms with van der Waals surface area (Å²) in [4.78, 5) is 4.94. The van der Waals surface area contributed by atoms with Gasteiger partial charge in [0.2, 0.25) is 6.33 Å². The molecule has 47 heavy (non-hydrogen) atoms. The second-order valence-corrected chi connectivity index (χ2v) is 13.2. The van der Waals surface area contributed by atoms with Crippen LogP contribution in [0.25, 0.3) is 55.5 Å². The Labute approximate surface area is 280 Å². The predicted octanol–water partition coefficient (Wildman–Crippen LogP) is 10.1. The second-order valence-electron chi connectivity index (χ2n) is 13.2. The first-order valence-corrected chi connectivity index (χ1v) is 16.2. The molecular weight excluding hydrogens is 573 g/mol. The minimum Gasteiger partial charge on any atom is -0.294 e. The fraction of sp³-hybridized carbons (Fsp3) is 0.163. The van der Waals surface area contributed by atoms with Crippen LogP contribution in [0.4, 0.5) is 0 Å². The monoisotopic (exact) mass is 614 g/mol. The number of pyridine rings is 1. The van der Waals surface area contributed by atoms with Crippen molar-refractivity contribution in [3.8, 4) is 22.6 Å². The molecular formula is C43H39N4+. The molecule has 0 atom stereocenters. The van der Waals surface area contributed by atoms with Gasteiger partial charge >= 0.3 is 0 Å². The lowest BCUT2D eigenvalue weighted by atomic mass is 9.77. The number of fused-ring (bicyclic) bond motifs is 4. The average molecular weight is 615 g/mol. The third-order valence-electron chi connectivity index (χ3n) is 9.74. The minimum atomic E-state index is -2.29. The van der Waals surface area contributed by atoms with Crippen molar-refractivity contribution in [2.45, 2.75) is 39.0 Å². The molecule has 8 rings (SSSR count). The molecule has 0 aliphatic carbocycles. The Morgan fingerprint density at radius 3 is 2.30 bits per heavy atom. The van der Waals surface area contributed by atoms with Crippen LogP contribution in [0, 0.1) is 0 Å². The molecule has 4 nitrogen and oxygen atoms in total. The number of aromatic nitrogens is 4. The maximum absolute atomic E-state index is 8.13. The van der Waals surface area contributed by atoms with E-state index in [-0.39, 0.29) is 5.41 Å². The van der Waals surface area contributed by atoms with Crippen LogP contribution in [0.2, 0.25) is 0 Å². The fourth-order valence-corrected chi connectivity index (χ4v) is 7.11. The first kappa shape index (κ1) is 25.7. The Bertz CT molecular complexity index is 2550. The van der Waals surface area contributed by atoms with Crippen LogP contribution in [-0.2, 0) is 12.4 Å². The topological polar surface area (TPSA) is 26.6 Å². The van der Waals surface area contributed by atoms with Gasteiger partial charge in [0.05, 0.1) is 22.1 Å². The van der Waals surface area contributed by atoms with E-state index in [4.69, 9.17) is 9.10 Å². The minimum absolute atomic E-state index is 0.375. The van der Waals surface area contributed by atoms with Gasteiger partial charge in [-0.3, -0.25) is 4.57 Å². The lowest BCUT2D eigenvalue weighted by Crippen LogP contribution is -2.25. The molecule has 0 radical (unpaired) electrons. The van der Waals surface area contributed by atoms with Crippen LogP contribution in [0.15, 0.2) is 140 Å². The Balaban J connectivity index is 1.27. The van der Waals surface area contributed by atoms with E-state index in [1.54, 1.807) is 6.33 Å². The highest BCUT2D eigenvalue weighted by atomic mass is 15.1. The van der Waals surface area contributed by atoms with Gasteiger partial charge in [0.25, 0.3) is 0 Å².